The fraction of sp³-hybridized carbons (Fsp3) is 0.438. The third-order valence-corrected chi connectivity index (χ3v) is 3.55. The molecule has 20 heavy (non-hydrogen) atoms. The average Bonchev–Trinajstić information content (AvgIpc) is 2.80. The molecule has 0 aliphatic rings. The molecule has 0 aliphatic carbocycles. The van der Waals surface area contributed by atoms with Crippen molar-refractivity contribution in [3.8, 4) is 11.1 Å². The van der Waals surface area contributed by atoms with E-state index in [2.05, 4.69) is 24.3 Å². The fourth-order valence-electron chi connectivity index (χ4n) is 2.50. The quantitative estimate of drug-likeness (QED) is 0.902. The first-order chi connectivity index (χ1) is 9.56. The molecule has 2 rings (SSSR count). The highest BCUT2D eigenvalue weighted by Gasteiger charge is 2.16. The molecule has 0 spiro atoms. The van der Waals surface area contributed by atoms with Crippen LogP contribution in [0.2, 0.25) is 0 Å². The van der Waals surface area contributed by atoms with E-state index in [-0.39, 0.29) is 11.9 Å². The van der Waals surface area contributed by atoms with Crippen molar-refractivity contribution in [2.45, 2.75) is 40.3 Å². The molecule has 4 heteroatoms. The van der Waals surface area contributed by atoms with Crippen molar-refractivity contribution in [1.29, 1.82) is 0 Å². The number of nitrogens with zero attached hydrogens (tertiary/aromatic N) is 2. The second kappa shape index (κ2) is 6.18. The van der Waals surface area contributed by atoms with Gasteiger partial charge in [-0.1, -0.05) is 13.0 Å². The molecule has 0 radical (unpaired) electrons. The summed E-state index contributed by atoms with van der Waals surface area (Å²) >= 11 is 0. The van der Waals surface area contributed by atoms with E-state index in [1.807, 2.05) is 30.8 Å². The summed E-state index contributed by atoms with van der Waals surface area (Å²) in [6, 6.07) is 5.17. The Balaban J connectivity index is 2.53. The highest BCUT2D eigenvalue weighted by Crippen LogP contribution is 2.31. The molecular formula is C16H22FN3. The van der Waals surface area contributed by atoms with Crippen LogP contribution in [0.3, 0.4) is 0 Å². The summed E-state index contributed by atoms with van der Waals surface area (Å²) in [6.07, 6.45) is 1.99. The lowest BCUT2D eigenvalue weighted by Crippen LogP contribution is -2.18. The summed E-state index contributed by atoms with van der Waals surface area (Å²) in [6.45, 7) is 9.87. The Kier molecular flexibility index (Phi) is 4.55. The number of nitrogens with one attached hydrogen (secondary N) is 1. The predicted molar refractivity (Wildman–Crippen MR) is 80.1 cm³/mol. The molecule has 108 valence electrons. The number of rotatable bonds is 5. The predicted octanol–water partition coefficient (Wildman–Crippen LogP) is 3.69. The number of benzene rings is 1. The van der Waals surface area contributed by atoms with Crippen LogP contribution in [-0.4, -0.2) is 16.3 Å². The van der Waals surface area contributed by atoms with E-state index >= 15 is 0 Å². The van der Waals surface area contributed by atoms with Crippen LogP contribution in [0.1, 0.15) is 38.1 Å². The van der Waals surface area contributed by atoms with Gasteiger partial charge >= 0.3 is 0 Å². The Morgan fingerprint density at radius 3 is 2.65 bits per heavy atom. The van der Waals surface area contributed by atoms with Gasteiger partial charge in [0.15, 0.2) is 0 Å². The highest BCUT2D eigenvalue weighted by atomic mass is 19.1. The van der Waals surface area contributed by atoms with E-state index in [0.29, 0.717) is 0 Å². The smallest absolute Gasteiger partial charge is 0.123 e. The first-order valence-electron chi connectivity index (χ1n) is 7.14. The van der Waals surface area contributed by atoms with Gasteiger partial charge in [-0.2, -0.15) is 5.10 Å². The van der Waals surface area contributed by atoms with E-state index in [1.165, 1.54) is 6.07 Å². The second-order valence-electron chi connectivity index (χ2n) is 4.99. The molecule has 0 aliphatic heterocycles. The van der Waals surface area contributed by atoms with Gasteiger partial charge in [-0.3, -0.25) is 4.68 Å². The second-order valence-corrected chi connectivity index (χ2v) is 4.99. The molecule has 1 aromatic heterocycles. The van der Waals surface area contributed by atoms with Gasteiger partial charge in [-0.25, -0.2) is 4.39 Å². The molecule has 1 heterocycles. The molecule has 3 nitrogen and oxygen atoms in total. The van der Waals surface area contributed by atoms with Crippen LogP contribution < -0.4 is 5.32 Å². The molecule has 1 atom stereocenters. The number of halogens is 1. The van der Waals surface area contributed by atoms with Crippen LogP contribution in [0, 0.1) is 12.7 Å². The van der Waals surface area contributed by atoms with Gasteiger partial charge in [0, 0.05) is 24.3 Å². The van der Waals surface area contributed by atoms with Gasteiger partial charge < -0.3 is 5.32 Å². The van der Waals surface area contributed by atoms with Crippen LogP contribution in [0.5, 0.6) is 0 Å². The van der Waals surface area contributed by atoms with Crippen molar-refractivity contribution >= 4 is 0 Å². The van der Waals surface area contributed by atoms with E-state index in [1.54, 1.807) is 6.07 Å². The number of aryl methyl sites for hydroxylation is 2. The molecule has 1 aromatic carbocycles. The molecule has 0 fully saturated rings. The van der Waals surface area contributed by atoms with Gasteiger partial charge in [0.05, 0.1) is 5.69 Å². The van der Waals surface area contributed by atoms with Crippen LogP contribution in [0.15, 0.2) is 24.4 Å². The van der Waals surface area contributed by atoms with Crippen LogP contribution in [-0.2, 0) is 6.54 Å². The summed E-state index contributed by atoms with van der Waals surface area (Å²) in [5.74, 6) is -0.212. The minimum Gasteiger partial charge on any atom is -0.310 e. The summed E-state index contributed by atoms with van der Waals surface area (Å²) in [5, 5.41) is 7.84. The lowest BCUT2D eigenvalue weighted by atomic mass is 9.96. The maximum absolute atomic E-state index is 13.7. The third kappa shape index (κ3) is 2.90. The first kappa shape index (κ1) is 14.7. The SMILES string of the molecule is CCNC(C)c1ccc(F)cc1-c1cn(CC)nc1C. The average molecular weight is 275 g/mol. The van der Waals surface area contributed by atoms with Gasteiger partial charge in [-0.15, -0.1) is 0 Å². The zero-order chi connectivity index (χ0) is 14.7. The standard InChI is InChI=1S/C16H22FN3/c1-5-18-11(3)14-8-7-13(17)9-15(14)16-10-20(6-2)19-12(16)4/h7-11,18H,5-6H2,1-4H3. The summed E-state index contributed by atoms with van der Waals surface area (Å²) in [4.78, 5) is 0. The van der Waals surface area contributed by atoms with Gasteiger partial charge in [0.2, 0.25) is 0 Å². The fourth-order valence-corrected chi connectivity index (χ4v) is 2.50. The molecule has 0 saturated heterocycles. The van der Waals surface area contributed by atoms with Gasteiger partial charge in [-0.05, 0) is 50.6 Å². The van der Waals surface area contributed by atoms with E-state index < -0.39 is 0 Å². The van der Waals surface area contributed by atoms with Crippen molar-refractivity contribution in [2.75, 3.05) is 6.54 Å². The van der Waals surface area contributed by atoms with Crippen LogP contribution in [0.25, 0.3) is 11.1 Å². The Labute approximate surface area is 119 Å². The number of hydrogen-bond donors (Lipinski definition) is 1. The maximum atomic E-state index is 13.7. The van der Waals surface area contributed by atoms with E-state index in [9.17, 15) is 4.39 Å². The van der Waals surface area contributed by atoms with Crippen molar-refractivity contribution in [2.24, 2.45) is 0 Å². The lowest BCUT2D eigenvalue weighted by molar-refractivity contribution is 0.593. The molecule has 1 unspecified atom stereocenters. The molecule has 0 bridgehead atoms. The Morgan fingerprint density at radius 1 is 1.30 bits per heavy atom. The minimum absolute atomic E-state index is 0.181. The van der Waals surface area contributed by atoms with E-state index in [4.69, 9.17) is 0 Å². The Morgan fingerprint density at radius 2 is 2.05 bits per heavy atom. The topological polar surface area (TPSA) is 29.9 Å². The molecule has 0 saturated carbocycles. The highest BCUT2D eigenvalue weighted by molar-refractivity contribution is 5.69. The van der Waals surface area contributed by atoms with Crippen LogP contribution >= 0.6 is 0 Å². The van der Waals surface area contributed by atoms with Crippen molar-refractivity contribution in [3.05, 3.63) is 41.5 Å². The van der Waals surface area contributed by atoms with Crippen molar-refractivity contribution < 1.29 is 4.39 Å². The lowest BCUT2D eigenvalue weighted by Gasteiger charge is -2.17. The zero-order valence-electron chi connectivity index (χ0n) is 12.6. The van der Waals surface area contributed by atoms with Crippen LogP contribution in [0.4, 0.5) is 4.39 Å². The third-order valence-electron chi connectivity index (χ3n) is 3.55. The largest absolute Gasteiger partial charge is 0.310 e. The molecule has 1 N–H and O–H groups in total. The number of hydrogen-bond acceptors (Lipinski definition) is 2. The van der Waals surface area contributed by atoms with Gasteiger partial charge in [0.25, 0.3) is 0 Å². The van der Waals surface area contributed by atoms with Crippen molar-refractivity contribution in [1.82, 2.24) is 15.1 Å². The number of aromatic nitrogens is 2. The molecule has 2 aromatic rings. The molecular weight excluding hydrogens is 253 g/mol. The van der Waals surface area contributed by atoms with E-state index in [0.717, 1.165) is 35.5 Å². The molecule has 0 amide bonds. The summed E-state index contributed by atoms with van der Waals surface area (Å²) in [7, 11) is 0. The Hall–Kier alpha value is -1.68. The van der Waals surface area contributed by atoms with Crippen molar-refractivity contribution in [3.63, 3.8) is 0 Å². The summed E-state index contributed by atoms with van der Waals surface area (Å²) < 4.78 is 15.5. The maximum Gasteiger partial charge on any atom is 0.123 e. The van der Waals surface area contributed by atoms with Gasteiger partial charge in [0.1, 0.15) is 5.82 Å². The monoisotopic (exact) mass is 275 g/mol. The minimum atomic E-state index is -0.212. The zero-order valence-corrected chi connectivity index (χ0v) is 12.6. The summed E-state index contributed by atoms with van der Waals surface area (Å²) in [5.41, 5.74) is 3.97. The Bertz CT molecular complexity index is 589. The first-order valence-corrected chi connectivity index (χ1v) is 7.14. The normalized spacial score (nSPS) is 12.7.